The van der Waals surface area contributed by atoms with E-state index in [0.717, 1.165) is 47.9 Å². The molecule has 1 aromatic heterocycles. The number of aromatic nitrogens is 1. The Balaban J connectivity index is 1.56. The third-order valence-corrected chi connectivity index (χ3v) is 5.17. The first-order chi connectivity index (χ1) is 11.9. The van der Waals surface area contributed by atoms with E-state index in [-0.39, 0.29) is 29.9 Å². The van der Waals surface area contributed by atoms with Crippen molar-refractivity contribution in [2.24, 2.45) is 0 Å². The number of rotatable bonds is 5. The average Bonchev–Trinajstić information content (AvgIpc) is 3.26. The van der Waals surface area contributed by atoms with Crippen molar-refractivity contribution in [1.82, 2.24) is 25.6 Å². The molecule has 0 spiro atoms. The van der Waals surface area contributed by atoms with Gasteiger partial charge >= 0.3 is 6.09 Å². The van der Waals surface area contributed by atoms with Gasteiger partial charge in [-0.3, -0.25) is 15.0 Å². The van der Waals surface area contributed by atoms with E-state index in [4.69, 9.17) is 0 Å². The number of carboxylic acid groups (broad SMARTS) is 1. The largest absolute Gasteiger partial charge is 0.464 e. The number of likely N-dealkylation sites (N-methyl/N-ethyl adjacent to an activating group) is 1. The third-order valence-electron chi connectivity index (χ3n) is 4.09. The topological polar surface area (TPSA) is 115 Å². The maximum atomic E-state index is 12.3. The van der Waals surface area contributed by atoms with Crippen molar-refractivity contribution in [2.45, 2.75) is 38.3 Å². The molecule has 3 rings (SSSR count). The highest BCUT2D eigenvalue weighted by Gasteiger charge is 2.26. The predicted octanol–water partition coefficient (Wildman–Crippen LogP) is 0.425. The van der Waals surface area contributed by atoms with Crippen LogP contribution in [0.3, 0.4) is 0 Å². The van der Waals surface area contributed by atoms with Crippen LogP contribution in [0.15, 0.2) is 0 Å². The molecule has 1 saturated carbocycles. The second-order valence-corrected chi connectivity index (χ2v) is 7.43. The van der Waals surface area contributed by atoms with Gasteiger partial charge in [-0.2, -0.15) is 0 Å². The highest BCUT2D eigenvalue weighted by molar-refractivity contribution is 7.13. The van der Waals surface area contributed by atoms with Crippen LogP contribution in [-0.4, -0.2) is 64.1 Å². The molecule has 0 bridgehead atoms. The van der Waals surface area contributed by atoms with Crippen molar-refractivity contribution < 1.29 is 19.5 Å². The Morgan fingerprint density at radius 3 is 2.84 bits per heavy atom. The summed E-state index contributed by atoms with van der Waals surface area (Å²) in [6.45, 7) is 1.52. The number of amides is 3. The molecule has 0 atom stereocenters. The zero-order chi connectivity index (χ0) is 18.0. The van der Waals surface area contributed by atoms with Crippen molar-refractivity contribution in [3.63, 3.8) is 0 Å². The lowest BCUT2D eigenvalue weighted by Crippen LogP contribution is -2.47. The molecule has 9 nitrogen and oxygen atoms in total. The Morgan fingerprint density at radius 2 is 2.16 bits per heavy atom. The number of hydrogen-bond acceptors (Lipinski definition) is 6. The Bertz CT molecular complexity index is 687. The van der Waals surface area contributed by atoms with Crippen molar-refractivity contribution in [2.75, 3.05) is 20.1 Å². The molecule has 1 aliphatic heterocycles. The Morgan fingerprint density at radius 1 is 1.40 bits per heavy atom. The monoisotopic (exact) mass is 367 g/mol. The molecule has 0 unspecified atom stereocenters. The summed E-state index contributed by atoms with van der Waals surface area (Å²) in [4.78, 5) is 42.8. The summed E-state index contributed by atoms with van der Waals surface area (Å²) >= 11 is 1.28. The Labute approximate surface area is 149 Å². The van der Waals surface area contributed by atoms with Crippen molar-refractivity contribution in [3.8, 4) is 0 Å². The Kier molecular flexibility index (Phi) is 5.19. The maximum absolute atomic E-state index is 12.3. The van der Waals surface area contributed by atoms with E-state index in [9.17, 15) is 19.5 Å². The first-order valence-electron chi connectivity index (χ1n) is 8.20. The van der Waals surface area contributed by atoms with Gasteiger partial charge in [-0.1, -0.05) is 0 Å². The summed E-state index contributed by atoms with van der Waals surface area (Å²) in [6.07, 6.45) is 1.40. The van der Waals surface area contributed by atoms with Gasteiger partial charge in [0.25, 0.3) is 5.91 Å². The Hall–Kier alpha value is -2.20. The molecule has 1 fully saturated rings. The number of carbonyl (C=O) groups is 3. The van der Waals surface area contributed by atoms with E-state index >= 15 is 0 Å². The molecular weight excluding hydrogens is 346 g/mol. The highest BCUT2D eigenvalue weighted by atomic mass is 32.1. The van der Waals surface area contributed by atoms with Gasteiger partial charge in [0.05, 0.1) is 12.2 Å². The van der Waals surface area contributed by atoms with Gasteiger partial charge in [0, 0.05) is 36.9 Å². The van der Waals surface area contributed by atoms with Crippen LogP contribution in [0.5, 0.6) is 0 Å². The SMILES string of the molecule is CN1CCc2nc(C(=O)NN(CCC(=O)NC3CC3)C(=O)O)sc2C1. The molecule has 0 aromatic carbocycles. The molecule has 2 aliphatic rings. The van der Waals surface area contributed by atoms with Crippen LogP contribution in [0.4, 0.5) is 4.79 Å². The summed E-state index contributed by atoms with van der Waals surface area (Å²) in [5, 5.41) is 13.0. The van der Waals surface area contributed by atoms with Crippen LogP contribution in [-0.2, 0) is 17.8 Å². The minimum Gasteiger partial charge on any atom is -0.464 e. The molecule has 0 saturated heterocycles. The van der Waals surface area contributed by atoms with Crippen LogP contribution < -0.4 is 10.7 Å². The van der Waals surface area contributed by atoms with Gasteiger partial charge in [0.1, 0.15) is 0 Å². The predicted molar refractivity (Wildman–Crippen MR) is 90.1 cm³/mol. The number of fused-ring (bicyclic) bond motifs is 1. The van der Waals surface area contributed by atoms with E-state index in [1.807, 2.05) is 7.05 Å². The summed E-state index contributed by atoms with van der Waals surface area (Å²) < 4.78 is 0. The number of nitrogens with zero attached hydrogens (tertiary/aromatic N) is 3. The maximum Gasteiger partial charge on any atom is 0.426 e. The zero-order valence-electron chi connectivity index (χ0n) is 13.9. The van der Waals surface area contributed by atoms with E-state index in [1.165, 1.54) is 11.3 Å². The van der Waals surface area contributed by atoms with Crippen molar-refractivity contribution in [1.29, 1.82) is 0 Å². The number of thiazole rings is 1. The number of hydrogen-bond donors (Lipinski definition) is 3. The molecule has 136 valence electrons. The van der Waals surface area contributed by atoms with Crippen molar-refractivity contribution in [3.05, 3.63) is 15.6 Å². The molecule has 3 N–H and O–H groups in total. The summed E-state index contributed by atoms with van der Waals surface area (Å²) in [5.41, 5.74) is 3.23. The first-order valence-corrected chi connectivity index (χ1v) is 9.02. The minimum atomic E-state index is -1.31. The summed E-state index contributed by atoms with van der Waals surface area (Å²) in [6, 6.07) is 0.222. The van der Waals surface area contributed by atoms with Crippen molar-refractivity contribution >= 4 is 29.2 Å². The zero-order valence-corrected chi connectivity index (χ0v) is 14.8. The van der Waals surface area contributed by atoms with E-state index in [0.29, 0.717) is 0 Å². The molecular formula is C15H21N5O4S. The van der Waals surface area contributed by atoms with Gasteiger partial charge < -0.3 is 15.3 Å². The second kappa shape index (κ2) is 7.36. The quantitative estimate of drug-likeness (QED) is 0.650. The van der Waals surface area contributed by atoms with E-state index in [1.54, 1.807) is 0 Å². The third kappa shape index (κ3) is 4.67. The number of nitrogens with one attached hydrogen (secondary N) is 2. The fourth-order valence-electron chi connectivity index (χ4n) is 2.53. The van der Waals surface area contributed by atoms with E-state index in [2.05, 4.69) is 20.6 Å². The first kappa shape index (κ1) is 17.6. The molecule has 25 heavy (non-hydrogen) atoms. The van der Waals surface area contributed by atoms with Gasteiger partial charge in [-0.25, -0.2) is 14.8 Å². The highest BCUT2D eigenvalue weighted by Crippen LogP contribution is 2.24. The smallest absolute Gasteiger partial charge is 0.426 e. The fraction of sp³-hybridized carbons (Fsp3) is 0.600. The van der Waals surface area contributed by atoms with Gasteiger partial charge in [0.2, 0.25) is 5.91 Å². The molecule has 3 amide bonds. The lowest BCUT2D eigenvalue weighted by atomic mass is 10.2. The van der Waals surface area contributed by atoms with Crippen LogP contribution in [0.1, 0.15) is 39.6 Å². The molecule has 2 heterocycles. The van der Waals surface area contributed by atoms with Crippen LogP contribution in [0, 0.1) is 0 Å². The van der Waals surface area contributed by atoms with Gasteiger partial charge in [-0.15, -0.1) is 11.3 Å². The molecule has 0 radical (unpaired) electrons. The molecule has 1 aromatic rings. The van der Waals surface area contributed by atoms with Gasteiger partial charge in [0.15, 0.2) is 5.01 Å². The minimum absolute atomic E-state index is 0.00223. The van der Waals surface area contributed by atoms with E-state index < -0.39 is 12.0 Å². The summed E-state index contributed by atoms with van der Waals surface area (Å²) in [5.74, 6) is -0.775. The standard InChI is InChI=1S/C15H21N5O4S/c1-19-6-4-10-11(8-19)25-14(17-10)13(22)18-20(15(23)24)7-5-12(21)16-9-2-3-9/h9H,2-8H2,1H3,(H,16,21)(H,18,22)(H,23,24). The lowest BCUT2D eigenvalue weighted by molar-refractivity contribution is -0.121. The average molecular weight is 367 g/mol. The molecule has 10 heteroatoms. The normalized spacial score (nSPS) is 16.8. The molecule has 1 aliphatic carbocycles. The van der Waals surface area contributed by atoms with Crippen LogP contribution in [0.2, 0.25) is 0 Å². The second-order valence-electron chi connectivity index (χ2n) is 6.34. The lowest BCUT2D eigenvalue weighted by Gasteiger charge is -2.20. The van der Waals surface area contributed by atoms with Crippen LogP contribution >= 0.6 is 11.3 Å². The number of hydrazine groups is 1. The van der Waals surface area contributed by atoms with Gasteiger partial charge in [-0.05, 0) is 19.9 Å². The van der Waals surface area contributed by atoms with Crippen LogP contribution in [0.25, 0.3) is 0 Å². The fourth-order valence-corrected chi connectivity index (χ4v) is 3.61. The number of carbonyl (C=O) groups excluding carboxylic acids is 2. The summed E-state index contributed by atoms with van der Waals surface area (Å²) in [7, 11) is 2.00.